The number of carbonyl (C=O) groups is 3. The van der Waals surface area contributed by atoms with Crippen LogP contribution in [0.3, 0.4) is 0 Å². The van der Waals surface area contributed by atoms with Gasteiger partial charge in [-0.05, 0) is 51.4 Å². The Morgan fingerprint density at radius 1 is 0.583 bits per heavy atom. The molecule has 0 aliphatic carbocycles. The van der Waals surface area contributed by atoms with Crippen molar-refractivity contribution in [2.24, 2.45) is 5.73 Å². The first-order valence-electron chi connectivity index (χ1n) is 22.5. The minimum Gasteiger partial charge on any atom is -0.480 e. The molecule has 0 saturated carbocycles. The van der Waals surface area contributed by atoms with Gasteiger partial charge in [0.2, 0.25) is 0 Å². The van der Waals surface area contributed by atoms with Crippen molar-refractivity contribution in [1.82, 2.24) is 0 Å². The average molecular weight is 870 g/mol. The second kappa shape index (κ2) is 40.2. The van der Waals surface area contributed by atoms with Crippen LogP contribution < -0.4 is 5.73 Å². The Balaban J connectivity index is 4.50. The van der Waals surface area contributed by atoms with Gasteiger partial charge in [0.05, 0.1) is 25.4 Å². The van der Waals surface area contributed by atoms with Crippen LogP contribution in [0.1, 0.15) is 168 Å². The number of nitrogens with two attached hydrogens (primary N) is 1. The summed E-state index contributed by atoms with van der Waals surface area (Å²) in [5.74, 6) is -2.53. The van der Waals surface area contributed by atoms with Crippen molar-refractivity contribution in [3.05, 3.63) is 60.8 Å². The van der Waals surface area contributed by atoms with Crippen LogP contribution in [0, 0.1) is 0 Å². The molecule has 0 aromatic carbocycles. The number of hydrogen-bond acceptors (Lipinski definition) is 11. The maximum absolute atomic E-state index is 12.6. The third kappa shape index (κ3) is 38.1. The standard InChI is InChI=1S/C46H80NO12P/c1-3-5-6-7-8-9-10-11-13-17-20-23-26-29-32-35-44(50)56-37-40(38-57-60(54,55)58-39-41(47)46(52)53)59-45(51)36-33-30-27-24-21-18-15-12-14-16-19-22-25-28-31-34-43(49)42(48)4-2/h12,14,18-19,21-22,27-28,30-31,40-43,48-49H,3-11,13,15-17,20,23-26,29,32-39,47H2,1-2H3,(H,52,53)(H,54,55)/b14-12+,21-18+,22-19+,30-27+,31-28+. The van der Waals surface area contributed by atoms with Gasteiger partial charge in [0.25, 0.3) is 0 Å². The van der Waals surface area contributed by atoms with E-state index in [4.69, 9.17) is 24.8 Å². The maximum Gasteiger partial charge on any atom is 0.472 e. The summed E-state index contributed by atoms with van der Waals surface area (Å²) in [4.78, 5) is 45.9. The average Bonchev–Trinajstić information content (AvgIpc) is 3.22. The monoisotopic (exact) mass is 870 g/mol. The number of aliphatic hydroxyl groups excluding tert-OH is 2. The van der Waals surface area contributed by atoms with Crippen molar-refractivity contribution >= 4 is 25.7 Å². The Labute approximate surface area is 361 Å². The molecular weight excluding hydrogens is 789 g/mol. The van der Waals surface area contributed by atoms with Crippen LogP contribution in [0.4, 0.5) is 0 Å². The lowest BCUT2D eigenvalue weighted by Crippen LogP contribution is -2.34. The van der Waals surface area contributed by atoms with Gasteiger partial charge in [0.15, 0.2) is 6.10 Å². The number of esters is 2. The summed E-state index contributed by atoms with van der Waals surface area (Å²) in [6.07, 6.45) is 40.1. The number of hydrogen-bond donors (Lipinski definition) is 5. The molecule has 0 aliphatic rings. The maximum atomic E-state index is 12.6. The summed E-state index contributed by atoms with van der Waals surface area (Å²) in [7, 11) is -4.75. The van der Waals surface area contributed by atoms with Crippen LogP contribution in [-0.2, 0) is 37.5 Å². The number of phosphoric acid groups is 1. The Hall–Kier alpha value is -2.90. The van der Waals surface area contributed by atoms with Gasteiger partial charge in [-0.2, -0.15) is 0 Å². The number of allylic oxidation sites excluding steroid dienone is 9. The minimum atomic E-state index is -4.75. The Bertz CT molecular complexity index is 1280. The topological polar surface area (TPSA) is 212 Å². The molecule has 13 nitrogen and oxygen atoms in total. The molecule has 0 bridgehead atoms. The molecular formula is C46H80NO12P. The van der Waals surface area contributed by atoms with Crippen LogP contribution in [-0.4, -0.2) is 82.3 Å². The molecule has 346 valence electrons. The molecule has 0 saturated heterocycles. The van der Waals surface area contributed by atoms with Gasteiger partial charge >= 0.3 is 25.7 Å². The zero-order chi connectivity index (χ0) is 44.5. The van der Waals surface area contributed by atoms with Crippen molar-refractivity contribution in [1.29, 1.82) is 0 Å². The number of unbranched alkanes of at least 4 members (excludes halogenated alkanes) is 14. The number of aliphatic hydroxyl groups is 2. The molecule has 5 unspecified atom stereocenters. The van der Waals surface area contributed by atoms with E-state index in [2.05, 4.69) is 35.8 Å². The number of carbonyl (C=O) groups excluding carboxylic acids is 2. The molecule has 5 atom stereocenters. The molecule has 14 heteroatoms. The quantitative estimate of drug-likeness (QED) is 0.0168. The van der Waals surface area contributed by atoms with Crippen LogP contribution in [0.5, 0.6) is 0 Å². The van der Waals surface area contributed by atoms with E-state index < -0.39 is 69.9 Å². The van der Waals surface area contributed by atoms with E-state index in [1.165, 1.54) is 70.6 Å². The van der Waals surface area contributed by atoms with Crippen LogP contribution in [0.2, 0.25) is 0 Å². The van der Waals surface area contributed by atoms with Crippen LogP contribution in [0.15, 0.2) is 60.8 Å². The third-order valence-electron chi connectivity index (χ3n) is 9.55. The Kier molecular flexibility index (Phi) is 38.2. The van der Waals surface area contributed by atoms with E-state index >= 15 is 0 Å². The highest BCUT2D eigenvalue weighted by Gasteiger charge is 2.28. The smallest absolute Gasteiger partial charge is 0.472 e. The third-order valence-corrected chi connectivity index (χ3v) is 10.5. The molecule has 0 aromatic heterocycles. The van der Waals surface area contributed by atoms with E-state index in [9.17, 15) is 34.1 Å². The number of carboxylic acids is 1. The normalized spacial score (nSPS) is 15.3. The fourth-order valence-corrected chi connectivity index (χ4v) is 6.57. The van der Waals surface area contributed by atoms with E-state index in [-0.39, 0.29) is 12.8 Å². The first kappa shape index (κ1) is 57.1. The number of rotatable bonds is 41. The van der Waals surface area contributed by atoms with Gasteiger partial charge < -0.3 is 35.4 Å². The molecule has 0 aliphatic heterocycles. The second-order valence-corrected chi connectivity index (χ2v) is 16.6. The Morgan fingerprint density at radius 2 is 1.03 bits per heavy atom. The number of ether oxygens (including phenoxy) is 2. The first-order valence-corrected chi connectivity index (χ1v) is 24.0. The fraction of sp³-hybridized carbons (Fsp3) is 0.717. The van der Waals surface area contributed by atoms with Crippen LogP contribution in [0.25, 0.3) is 0 Å². The van der Waals surface area contributed by atoms with E-state index in [1.807, 2.05) is 43.4 Å². The van der Waals surface area contributed by atoms with E-state index in [0.717, 1.165) is 38.5 Å². The molecule has 0 fully saturated rings. The molecule has 60 heavy (non-hydrogen) atoms. The molecule has 0 aromatic rings. The van der Waals surface area contributed by atoms with Gasteiger partial charge in [-0.15, -0.1) is 0 Å². The van der Waals surface area contributed by atoms with Crippen molar-refractivity contribution in [2.45, 2.75) is 192 Å². The van der Waals surface area contributed by atoms with Crippen molar-refractivity contribution < 1.29 is 57.7 Å². The Morgan fingerprint density at radius 3 is 1.52 bits per heavy atom. The molecule has 0 rings (SSSR count). The largest absolute Gasteiger partial charge is 0.480 e. The zero-order valence-electron chi connectivity index (χ0n) is 36.8. The molecule has 6 N–H and O–H groups in total. The molecule has 0 radical (unpaired) electrons. The van der Waals surface area contributed by atoms with E-state index in [0.29, 0.717) is 32.1 Å². The molecule has 0 heterocycles. The summed E-state index contributed by atoms with van der Waals surface area (Å²) in [5, 5.41) is 28.2. The zero-order valence-corrected chi connectivity index (χ0v) is 37.6. The lowest BCUT2D eigenvalue weighted by Gasteiger charge is -2.20. The predicted molar refractivity (Wildman–Crippen MR) is 238 cm³/mol. The van der Waals surface area contributed by atoms with Crippen molar-refractivity contribution in [3.63, 3.8) is 0 Å². The van der Waals surface area contributed by atoms with Gasteiger partial charge in [-0.25, -0.2) is 4.57 Å². The summed E-state index contributed by atoms with van der Waals surface area (Å²) in [6, 6.07) is -1.54. The minimum absolute atomic E-state index is 0.0144. The second-order valence-electron chi connectivity index (χ2n) is 15.1. The van der Waals surface area contributed by atoms with Gasteiger partial charge in [0.1, 0.15) is 12.6 Å². The first-order chi connectivity index (χ1) is 28.9. The highest BCUT2D eigenvalue weighted by atomic mass is 31.2. The summed E-state index contributed by atoms with van der Waals surface area (Å²) < 4.78 is 32.6. The highest BCUT2D eigenvalue weighted by molar-refractivity contribution is 7.47. The van der Waals surface area contributed by atoms with Gasteiger partial charge in [-0.1, -0.05) is 164 Å². The number of phosphoric ester groups is 1. The predicted octanol–water partition coefficient (Wildman–Crippen LogP) is 9.89. The summed E-state index contributed by atoms with van der Waals surface area (Å²) >= 11 is 0. The lowest BCUT2D eigenvalue weighted by molar-refractivity contribution is -0.161. The summed E-state index contributed by atoms with van der Waals surface area (Å²) in [5.41, 5.74) is 5.32. The van der Waals surface area contributed by atoms with Crippen molar-refractivity contribution in [3.8, 4) is 0 Å². The highest BCUT2D eigenvalue weighted by Crippen LogP contribution is 2.43. The fourth-order valence-electron chi connectivity index (χ4n) is 5.79. The van der Waals surface area contributed by atoms with Crippen LogP contribution >= 0.6 is 7.82 Å². The number of carboxylic acid groups (broad SMARTS) is 1. The van der Waals surface area contributed by atoms with Crippen molar-refractivity contribution in [2.75, 3.05) is 19.8 Å². The van der Waals surface area contributed by atoms with E-state index in [1.54, 1.807) is 0 Å². The SMILES string of the molecule is CCCCCCCCCCCCCCCCCC(=O)OCC(COP(=O)(O)OCC(N)C(=O)O)OC(=O)CC/C=C/C/C=C/C/C=C/C/C=C/C/C=C/CC(O)C(O)CC. The van der Waals surface area contributed by atoms with Gasteiger partial charge in [0, 0.05) is 12.8 Å². The summed E-state index contributed by atoms with van der Waals surface area (Å²) in [6.45, 7) is 2.28. The molecule has 0 spiro atoms. The van der Waals surface area contributed by atoms with Gasteiger partial charge in [-0.3, -0.25) is 23.4 Å². The number of aliphatic carboxylic acids is 1. The molecule has 0 amide bonds. The lowest BCUT2D eigenvalue weighted by atomic mass is 10.0.